The van der Waals surface area contributed by atoms with Crippen LogP contribution in [0.25, 0.3) is 11.0 Å². The third kappa shape index (κ3) is 2.34. The van der Waals surface area contributed by atoms with Crippen LogP contribution in [-0.2, 0) is 11.3 Å². The number of carbonyl (C=O) groups is 1. The Morgan fingerprint density at radius 3 is 3.00 bits per heavy atom. The number of para-hydroxylation sites is 1. The molecular weight excluding hydrogens is 246 g/mol. The van der Waals surface area contributed by atoms with Crippen molar-refractivity contribution in [1.29, 1.82) is 0 Å². The smallest absolute Gasteiger partial charge is 0.372 e. The summed E-state index contributed by atoms with van der Waals surface area (Å²) in [6.45, 7) is 1.92. The summed E-state index contributed by atoms with van der Waals surface area (Å²) in [4.78, 5) is 11.2. The summed E-state index contributed by atoms with van der Waals surface area (Å²) in [5, 5.41) is 13.4. The van der Waals surface area contributed by atoms with E-state index in [-0.39, 0.29) is 11.8 Å². The largest absolute Gasteiger partial charge is 0.475 e. The molecule has 1 aromatic heterocycles. The van der Waals surface area contributed by atoms with Crippen molar-refractivity contribution in [2.24, 2.45) is 0 Å². The van der Waals surface area contributed by atoms with Crippen LogP contribution >= 0.6 is 0 Å². The molecule has 100 valence electrons. The van der Waals surface area contributed by atoms with Gasteiger partial charge >= 0.3 is 5.97 Å². The quantitative estimate of drug-likeness (QED) is 0.880. The zero-order valence-corrected chi connectivity index (χ0v) is 10.4. The molecule has 5 heteroatoms. The molecule has 1 aliphatic heterocycles. The summed E-state index contributed by atoms with van der Waals surface area (Å²) in [5.41, 5.74) is 1.31. The number of aromatic carboxylic acids is 1. The van der Waals surface area contributed by atoms with Crippen molar-refractivity contribution in [2.75, 3.05) is 13.2 Å². The molecule has 5 nitrogen and oxygen atoms in total. The van der Waals surface area contributed by atoms with Crippen molar-refractivity contribution >= 4 is 16.9 Å². The van der Waals surface area contributed by atoms with Gasteiger partial charge in [0, 0.05) is 30.1 Å². The first kappa shape index (κ1) is 12.2. The van der Waals surface area contributed by atoms with E-state index in [4.69, 9.17) is 9.15 Å². The molecule has 0 radical (unpaired) electrons. The predicted molar refractivity (Wildman–Crippen MR) is 69.2 cm³/mol. The number of rotatable bonds is 4. The Bertz CT molecular complexity index is 599. The normalized spacial score (nSPS) is 19.1. The molecule has 19 heavy (non-hydrogen) atoms. The van der Waals surface area contributed by atoms with Crippen molar-refractivity contribution in [3.63, 3.8) is 0 Å². The van der Waals surface area contributed by atoms with E-state index >= 15 is 0 Å². The van der Waals surface area contributed by atoms with Gasteiger partial charge in [0.15, 0.2) is 0 Å². The van der Waals surface area contributed by atoms with Crippen molar-refractivity contribution in [2.45, 2.75) is 19.0 Å². The Hall–Kier alpha value is -1.85. The van der Waals surface area contributed by atoms with Crippen LogP contribution < -0.4 is 5.32 Å². The highest BCUT2D eigenvalue weighted by molar-refractivity contribution is 5.95. The van der Waals surface area contributed by atoms with Crippen LogP contribution in [0.1, 0.15) is 22.5 Å². The third-order valence-electron chi connectivity index (χ3n) is 3.39. The first-order chi connectivity index (χ1) is 9.25. The molecule has 2 aromatic rings. The molecule has 0 bridgehead atoms. The Balaban J connectivity index is 1.90. The fourth-order valence-corrected chi connectivity index (χ4v) is 2.39. The molecule has 1 atom stereocenters. The van der Waals surface area contributed by atoms with Gasteiger partial charge in [0.1, 0.15) is 5.58 Å². The van der Waals surface area contributed by atoms with Crippen LogP contribution in [0.4, 0.5) is 0 Å². The van der Waals surface area contributed by atoms with E-state index in [0.717, 1.165) is 18.4 Å². The van der Waals surface area contributed by atoms with Crippen molar-refractivity contribution in [3.05, 3.63) is 35.6 Å². The molecule has 1 aromatic carbocycles. The van der Waals surface area contributed by atoms with E-state index < -0.39 is 5.97 Å². The average molecular weight is 261 g/mol. The minimum absolute atomic E-state index is 0.0209. The summed E-state index contributed by atoms with van der Waals surface area (Å²) >= 11 is 0. The van der Waals surface area contributed by atoms with Gasteiger partial charge in [-0.3, -0.25) is 0 Å². The summed E-state index contributed by atoms with van der Waals surface area (Å²) in [7, 11) is 0. The van der Waals surface area contributed by atoms with E-state index in [1.54, 1.807) is 6.07 Å². The van der Waals surface area contributed by atoms with Crippen LogP contribution in [-0.4, -0.2) is 30.3 Å². The van der Waals surface area contributed by atoms with Gasteiger partial charge in [-0.1, -0.05) is 18.2 Å². The molecule has 1 aliphatic rings. The minimum atomic E-state index is -1.03. The van der Waals surface area contributed by atoms with Crippen LogP contribution in [0.2, 0.25) is 0 Å². The lowest BCUT2D eigenvalue weighted by molar-refractivity contribution is 0.0663. The first-order valence-corrected chi connectivity index (χ1v) is 6.30. The lowest BCUT2D eigenvalue weighted by Crippen LogP contribution is -2.29. The topological polar surface area (TPSA) is 71.7 Å². The molecule has 2 N–H and O–H groups in total. The van der Waals surface area contributed by atoms with Crippen LogP contribution in [0.5, 0.6) is 0 Å². The second-order valence-electron chi connectivity index (χ2n) is 4.65. The maximum Gasteiger partial charge on any atom is 0.372 e. The van der Waals surface area contributed by atoms with Gasteiger partial charge in [-0.2, -0.15) is 0 Å². The molecule has 1 saturated heterocycles. The number of carboxylic acid groups (broad SMARTS) is 1. The van der Waals surface area contributed by atoms with E-state index in [1.807, 2.05) is 18.2 Å². The maximum atomic E-state index is 11.2. The van der Waals surface area contributed by atoms with Gasteiger partial charge in [-0.15, -0.1) is 0 Å². The number of fused-ring (bicyclic) bond motifs is 1. The van der Waals surface area contributed by atoms with Crippen molar-refractivity contribution in [3.8, 4) is 0 Å². The number of benzene rings is 1. The molecule has 0 amide bonds. The Morgan fingerprint density at radius 1 is 1.42 bits per heavy atom. The first-order valence-electron chi connectivity index (χ1n) is 6.30. The maximum absolute atomic E-state index is 11.2. The minimum Gasteiger partial charge on any atom is -0.475 e. The van der Waals surface area contributed by atoms with Crippen LogP contribution in [0.15, 0.2) is 28.7 Å². The molecule has 0 spiro atoms. The second kappa shape index (κ2) is 5.03. The Morgan fingerprint density at radius 2 is 2.26 bits per heavy atom. The van der Waals surface area contributed by atoms with Crippen molar-refractivity contribution in [1.82, 2.24) is 5.32 Å². The number of furan rings is 1. The summed E-state index contributed by atoms with van der Waals surface area (Å²) in [6, 6.07) is 7.66. The van der Waals surface area contributed by atoms with Gasteiger partial charge in [0.25, 0.3) is 0 Å². The second-order valence-corrected chi connectivity index (χ2v) is 4.65. The zero-order chi connectivity index (χ0) is 13.2. The van der Waals surface area contributed by atoms with E-state index in [0.29, 0.717) is 24.3 Å². The van der Waals surface area contributed by atoms with E-state index in [9.17, 15) is 9.90 Å². The number of hydrogen-bond acceptors (Lipinski definition) is 4. The third-order valence-corrected chi connectivity index (χ3v) is 3.39. The Kier molecular flexibility index (Phi) is 3.23. The highest BCUT2D eigenvalue weighted by Crippen LogP contribution is 2.26. The standard InChI is InChI=1S/C14H15NO4/c16-14(17)13-11(7-15-9-5-6-18-8-9)10-3-1-2-4-12(10)19-13/h1-4,9,15H,5-8H2,(H,16,17). The van der Waals surface area contributed by atoms with Crippen LogP contribution in [0, 0.1) is 0 Å². The lowest BCUT2D eigenvalue weighted by Gasteiger charge is -2.09. The van der Waals surface area contributed by atoms with E-state index in [2.05, 4.69) is 5.32 Å². The number of carboxylic acids is 1. The molecular formula is C14H15NO4. The molecule has 1 unspecified atom stereocenters. The van der Waals surface area contributed by atoms with Gasteiger partial charge < -0.3 is 19.6 Å². The fourth-order valence-electron chi connectivity index (χ4n) is 2.39. The summed E-state index contributed by atoms with van der Waals surface area (Å²) in [5.74, 6) is -1.01. The fraction of sp³-hybridized carbons (Fsp3) is 0.357. The molecule has 1 fully saturated rings. The number of ether oxygens (including phenoxy) is 1. The molecule has 0 saturated carbocycles. The van der Waals surface area contributed by atoms with Gasteiger partial charge in [-0.05, 0) is 12.5 Å². The monoisotopic (exact) mass is 261 g/mol. The summed E-state index contributed by atoms with van der Waals surface area (Å²) < 4.78 is 10.7. The Labute approximate surface area is 110 Å². The van der Waals surface area contributed by atoms with Gasteiger partial charge in [0.05, 0.1) is 6.61 Å². The number of hydrogen-bond donors (Lipinski definition) is 2. The van der Waals surface area contributed by atoms with Gasteiger partial charge in [-0.25, -0.2) is 4.79 Å². The van der Waals surface area contributed by atoms with E-state index in [1.165, 1.54) is 0 Å². The molecule has 0 aliphatic carbocycles. The SMILES string of the molecule is O=C(O)c1oc2ccccc2c1CNC1CCOC1. The van der Waals surface area contributed by atoms with Gasteiger partial charge in [0.2, 0.25) is 5.76 Å². The summed E-state index contributed by atoms with van der Waals surface area (Å²) in [6.07, 6.45) is 0.957. The predicted octanol–water partition coefficient (Wildman–Crippen LogP) is 2.01. The highest BCUT2D eigenvalue weighted by Gasteiger charge is 2.21. The number of nitrogens with one attached hydrogen (secondary N) is 1. The highest BCUT2D eigenvalue weighted by atomic mass is 16.5. The van der Waals surface area contributed by atoms with Crippen LogP contribution in [0.3, 0.4) is 0 Å². The molecule has 3 rings (SSSR count). The lowest BCUT2D eigenvalue weighted by atomic mass is 10.1. The van der Waals surface area contributed by atoms with Crippen molar-refractivity contribution < 1.29 is 19.1 Å². The average Bonchev–Trinajstić information content (AvgIpc) is 3.03. The zero-order valence-electron chi connectivity index (χ0n) is 10.4. The molecule has 2 heterocycles.